The number of rotatable bonds is 10. The number of anilines is 2. The van der Waals surface area contributed by atoms with E-state index in [9.17, 15) is 31.5 Å². The van der Waals surface area contributed by atoms with Crippen molar-refractivity contribution in [1.82, 2.24) is 0 Å². The molecule has 2 aromatic carbocycles. The lowest BCUT2D eigenvalue weighted by atomic mass is 10.0. The van der Waals surface area contributed by atoms with Crippen molar-refractivity contribution < 1.29 is 41.0 Å². The quantitative estimate of drug-likeness (QED) is 0.470. The monoisotopic (exact) mass is 488 g/mol. The van der Waals surface area contributed by atoms with Crippen LogP contribution >= 0.6 is 0 Å². The summed E-state index contributed by atoms with van der Waals surface area (Å²) in [6.45, 7) is 1.47. The molecule has 1 atom stereocenters. The second-order valence-electron chi connectivity index (χ2n) is 7.39. The van der Waals surface area contributed by atoms with Gasteiger partial charge >= 0.3 is 6.36 Å². The molecule has 3 N–H and O–H groups in total. The van der Waals surface area contributed by atoms with E-state index in [1.54, 1.807) is 6.92 Å². The van der Waals surface area contributed by atoms with Gasteiger partial charge in [-0.25, -0.2) is 8.42 Å². The first-order valence-electron chi connectivity index (χ1n) is 10.1. The number of carbonyl (C=O) groups excluding carboxylic acids is 1. The normalized spacial score (nSPS) is 14.9. The van der Waals surface area contributed by atoms with Gasteiger partial charge in [-0.2, -0.15) is 0 Å². The number of ether oxygens (including phenoxy) is 2. The van der Waals surface area contributed by atoms with Gasteiger partial charge in [0.05, 0.1) is 24.8 Å². The minimum atomic E-state index is -4.92. The van der Waals surface area contributed by atoms with Crippen molar-refractivity contribution in [3.8, 4) is 11.5 Å². The molecule has 12 heteroatoms. The molecule has 0 spiro atoms. The number of aliphatic hydroxyl groups is 1. The topological polar surface area (TPSA) is 114 Å². The summed E-state index contributed by atoms with van der Waals surface area (Å²) in [5.74, 6) is -1.44. The molecule has 33 heavy (non-hydrogen) atoms. The zero-order chi connectivity index (χ0) is 24.2. The highest BCUT2D eigenvalue weighted by Gasteiger charge is 2.36. The van der Waals surface area contributed by atoms with Gasteiger partial charge < -0.3 is 19.9 Å². The number of hydrogen-bond donors (Lipinski definition) is 3. The number of benzene rings is 2. The highest BCUT2D eigenvalue weighted by molar-refractivity contribution is 7.92. The van der Waals surface area contributed by atoms with E-state index in [2.05, 4.69) is 14.8 Å². The maximum Gasteiger partial charge on any atom is 0.573 e. The lowest BCUT2D eigenvalue weighted by Crippen LogP contribution is -2.27. The predicted molar refractivity (Wildman–Crippen MR) is 113 cm³/mol. The third-order valence-electron chi connectivity index (χ3n) is 4.84. The van der Waals surface area contributed by atoms with Gasteiger partial charge in [0.15, 0.2) is 0 Å². The molecule has 0 aliphatic heterocycles. The van der Waals surface area contributed by atoms with Gasteiger partial charge in [-0.3, -0.25) is 9.52 Å². The highest BCUT2D eigenvalue weighted by Crippen LogP contribution is 2.37. The summed E-state index contributed by atoms with van der Waals surface area (Å²) >= 11 is 0. The third-order valence-corrected chi connectivity index (χ3v) is 6.27. The molecule has 0 radical (unpaired) electrons. The Morgan fingerprint density at radius 3 is 2.52 bits per heavy atom. The van der Waals surface area contributed by atoms with Crippen LogP contribution in [-0.2, 0) is 14.8 Å². The predicted octanol–water partition coefficient (Wildman–Crippen LogP) is 3.74. The van der Waals surface area contributed by atoms with Gasteiger partial charge in [-0.1, -0.05) is 6.07 Å². The molecular formula is C21H23F3N2O6S. The van der Waals surface area contributed by atoms with E-state index in [-0.39, 0.29) is 47.1 Å². The molecule has 1 fully saturated rings. The Hall–Kier alpha value is -2.99. The molecule has 2 aromatic rings. The number of hydrogen-bond acceptors (Lipinski definition) is 6. The molecule has 0 saturated heterocycles. The maximum absolute atomic E-state index is 12.9. The lowest BCUT2D eigenvalue weighted by Gasteiger charge is -2.17. The van der Waals surface area contributed by atoms with Crippen LogP contribution in [0.5, 0.6) is 11.5 Å². The molecule has 1 amide bonds. The largest absolute Gasteiger partial charge is 0.573 e. The van der Waals surface area contributed by atoms with Crippen molar-refractivity contribution in [3.63, 3.8) is 0 Å². The number of sulfonamides is 1. The van der Waals surface area contributed by atoms with Gasteiger partial charge in [-0.15, -0.1) is 13.2 Å². The molecule has 0 aromatic heterocycles. The number of nitrogens with one attached hydrogen (secondary N) is 2. The zero-order valence-electron chi connectivity index (χ0n) is 17.6. The summed E-state index contributed by atoms with van der Waals surface area (Å²) in [4.78, 5) is 12.1. The molecule has 1 saturated carbocycles. The van der Waals surface area contributed by atoms with Gasteiger partial charge in [0, 0.05) is 17.8 Å². The van der Waals surface area contributed by atoms with E-state index in [1.165, 1.54) is 30.3 Å². The Morgan fingerprint density at radius 2 is 1.91 bits per heavy atom. The van der Waals surface area contributed by atoms with Crippen molar-refractivity contribution in [1.29, 1.82) is 0 Å². The fraction of sp³-hybridized carbons (Fsp3) is 0.381. The Balaban J connectivity index is 1.82. The smallest absolute Gasteiger partial charge is 0.492 e. The van der Waals surface area contributed by atoms with E-state index in [0.717, 1.165) is 25.0 Å². The summed E-state index contributed by atoms with van der Waals surface area (Å²) in [5, 5.41) is 12.1. The summed E-state index contributed by atoms with van der Waals surface area (Å²) in [6.07, 6.45) is -3.20. The number of halogens is 3. The van der Waals surface area contributed by atoms with Crippen LogP contribution in [0.25, 0.3) is 0 Å². The summed E-state index contributed by atoms with van der Waals surface area (Å²) in [6, 6.07) is 8.31. The fourth-order valence-electron chi connectivity index (χ4n) is 3.22. The van der Waals surface area contributed by atoms with Crippen molar-refractivity contribution >= 4 is 27.3 Å². The molecule has 180 valence electrons. The van der Waals surface area contributed by atoms with Crippen LogP contribution in [0.4, 0.5) is 24.5 Å². The average molecular weight is 488 g/mol. The van der Waals surface area contributed by atoms with Crippen molar-refractivity contribution in [2.45, 2.75) is 31.0 Å². The Labute approximate surface area is 188 Å². The molecule has 0 heterocycles. The van der Waals surface area contributed by atoms with E-state index in [0.29, 0.717) is 0 Å². The number of alkyl halides is 3. The second-order valence-corrected chi connectivity index (χ2v) is 9.04. The molecule has 1 aliphatic rings. The summed E-state index contributed by atoms with van der Waals surface area (Å²) in [5.41, 5.74) is 0.133. The van der Waals surface area contributed by atoms with E-state index >= 15 is 0 Å². The Bertz CT molecular complexity index is 1100. The first-order chi connectivity index (χ1) is 15.5. The number of amides is 1. The first kappa shape index (κ1) is 24.6. The third kappa shape index (κ3) is 6.75. The summed E-state index contributed by atoms with van der Waals surface area (Å²) < 4.78 is 74.6. The van der Waals surface area contributed by atoms with E-state index < -0.39 is 28.1 Å². The minimum Gasteiger partial charge on any atom is -0.492 e. The molecule has 3 rings (SSSR count). The van der Waals surface area contributed by atoms with Crippen LogP contribution in [0.1, 0.15) is 19.8 Å². The van der Waals surface area contributed by atoms with E-state index in [4.69, 9.17) is 4.74 Å². The van der Waals surface area contributed by atoms with Gasteiger partial charge in [0.1, 0.15) is 16.4 Å². The SMILES string of the molecule is CCOc1cc(NC(=O)C(CO)C2CC2)ccc1S(=O)(=O)Nc1cccc(OC(F)(F)F)c1. The molecule has 1 unspecified atom stereocenters. The van der Waals surface area contributed by atoms with Crippen LogP contribution < -0.4 is 19.5 Å². The van der Waals surface area contributed by atoms with E-state index in [1.807, 2.05) is 0 Å². The van der Waals surface area contributed by atoms with Crippen LogP contribution in [0, 0.1) is 11.8 Å². The fourth-order valence-corrected chi connectivity index (χ4v) is 4.40. The standard InChI is InChI=1S/C21H23F3N2O6S/c1-2-31-18-11-14(25-20(28)17(12-27)13-6-7-13)8-9-19(18)33(29,30)26-15-4-3-5-16(10-15)32-21(22,23)24/h3-5,8-11,13,17,26-27H,2,6-7,12H2,1H3,(H,25,28). The van der Waals surface area contributed by atoms with Crippen LogP contribution in [0.2, 0.25) is 0 Å². The lowest BCUT2D eigenvalue weighted by molar-refractivity contribution is -0.274. The first-order valence-corrected chi connectivity index (χ1v) is 11.6. The minimum absolute atomic E-state index is 0.0579. The average Bonchev–Trinajstić information content (AvgIpc) is 3.52. The van der Waals surface area contributed by atoms with Crippen LogP contribution in [0.15, 0.2) is 47.4 Å². The van der Waals surface area contributed by atoms with Gasteiger partial charge in [-0.05, 0) is 49.9 Å². The number of carbonyl (C=O) groups is 1. The van der Waals surface area contributed by atoms with Crippen molar-refractivity contribution in [2.75, 3.05) is 23.3 Å². The van der Waals surface area contributed by atoms with Crippen molar-refractivity contribution in [3.05, 3.63) is 42.5 Å². The van der Waals surface area contributed by atoms with Gasteiger partial charge in [0.25, 0.3) is 10.0 Å². The highest BCUT2D eigenvalue weighted by atomic mass is 32.2. The molecule has 1 aliphatic carbocycles. The van der Waals surface area contributed by atoms with Crippen LogP contribution in [-0.4, -0.2) is 39.0 Å². The summed E-state index contributed by atoms with van der Waals surface area (Å²) in [7, 11) is -4.26. The Kier molecular flexibility index (Phi) is 7.38. The molecule has 0 bridgehead atoms. The number of aliphatic hydroxyl groups excluding tert-OH is 1. The molecular weight excluding hydrogens is 465 g/mol. The van der Waals surface area contributed by atoms with Crippen LogP contribution in [0.3, 0.4) is 0 Å². The molecule has 8 nitrogen and oxygen atoms in total. The second kappa shape index (κ2) is 9.87. The van der Waals surface area contributed by atoms with Gasteiger partial charge in [0.2, 0.25) is 5.91 Å². The Morgan fingerprint density at radius 1 is 1.18 bits per heavy atom. The van der Waals surface area contributed by atoms with Crippen molar-refractivity contribution in [2.24, 2.45) is 11.8 Å². The zero-order valence-corrected chi connectivity index (χ0v) is 18.4. The maximum atomic E-state index is 12.9.